The minimum Gasteiger partial charge on any atom is -0.242 e. The van der Waals surface area contributed by atoms with Crippen molar-refractivity contribution in [3.8, 4) is 6.07 Å². The molecule has 104 valence electrons. The molecule has 1 aliphatic rings. The second-order valence-electron chi connectivity index (χ2n) is 6.85. The second kappa shape index (κ2) is 4.86. The SMILES string of the molecule is CC(C)(C)C1CCc2cc3cc(C#N)sc3nc2CC1. The molecule has 3 rings (SSSR count). The predicted octanol–water partition coefficient (Wildman–Crippen LogP) is 4.71. The van der Waals surface area contributed by atoms with Gasteiger partial charge in [-0.25, -0.2) is 4.98 Å². The summed E-state index contributed by atoms with van der Waals surface area (Å²) in [5, 5.41) is 10.1. The molecule has 1 unspecified atom stereocenters. The van der Waals surface area contributed by atoms with Crippen molar-refractivity contribution >= 4 is 21.6 Å². The first-order chi connectivity index (χ1) is 9.47. The van der Waals surface area contributed by atoms with Crippen LogP contribution < -0.4 is 0 Å². The number of aryl methyl sites for hydroxylation is 2. The predicted molar refractivity (Wildman–Crippen MR) is 83.9 cm³/mol. The maximum atomic E-state index is 9.01. The van der Waals surface area contributed by atoms with E-state index >= 15 is 0 Å². The molecule has 2 nitrogen and oxygen atoms in total. The molecule has 0 bridgehead atoms. The Morgan fingerprint density at radius 2 is 2.00 bits per heavy atom. The van der Waals surface area contributed by atoms with E-state index in [9.17, 15) is 0 Å². The Hall–Kier alpha value is -1.40. The van der Waals surface area contributed by atoms with Gasteiger partial charge in [0.25, 0.3) is 0 Å². The lowest BCUT2D eigenvalue weighted by atomic mass is 9.76. The summed E-state index contributed by atoms with van der Waals surface area (Å²) in [4.78, 5) is 6.62. The molecule has 3 heteroatoms. The summed E-state index contributed by atoms with van der Waals surface area (Å²) in [6, 6.07) is 6.46. The van der Waals surface area contributed by atoms with E-state index in [0.717, 1.165) is 33.9 Å². The molecule has 0 N–H and O–H groups in total. The van der Waals surface area contributed by atoms with E-state index in [0.29, 0.717) is 5.41 Å². The fraction of sp³-hybridized carbons (Fsp3) is 0.529. The molecule has 0 aliphatic heterocycles. The third kappa shape index (κ3) is 2.45. The maximum Gasteiger partial charge on any atom is 0.124 e. The number of nitrogens with zero attached hydrogens (tertiary/aromatic N) is 2. The van der Waals surface area contributed by atoms with Crippen LogP contribution >= 0.6 is 11.3 Å². The molecule has 0 saturated heterocycles. The summed E-state index contributed by atoms with van der Waals surface area (Å²) in [7, 11) is 0. The summed E-state index contributed by atoms with van der Waals surface area (Å²) < 4.78 is 0. The lowest BCUT2D eigenvalue weighted by molar-refractivity contribution is 0.216. The summed E-state index contributed by atoms with van der Waals surface area (Å²) in [6.07, 6.45) is 4.68. The summed E-state index contributed by atoms with van der Waals surface area (Å²) in [5.74, 6) is 0.768. The minimum atomic E-state index is 0.382. The molecular weight excluding hydrogens is 264 g/mol. The highest BCUT2D eigenvalue weighted by Gasteiger charge is 2.27. The molecule has 2 aromatic heterocycles. The zero-order valence-corrected chi connectivity index (χ0v) is 13.2. The standard InChI is InChI=1S/C17H20N2S/c1-17(2,3)13-5-4-11-8-12-9-14(10-18)20-16(12)19-15(11)7-6-13/h8-9,13H,4-7H2,1-3H3. The average molecular weight is 284 g/mol. The number of hydrogen-bond donors (Lipinski definition) is 0. The van der Waals surface area contributed by atoms with Crippen LogP contribution in [0, 0.1) is 22.7 Å². The van der Waals surface area contributed by atoms with Crippen molar-refractivity contribution < 1.29 is 0 Å². The zero-order chi connectivity index (χ0) is 14.3. The molecule has 0 amide bonds. The Bertz CT molecular complexity index is 640. The molecule has 0 fully saturated rings. The Morgan fingerprint density at radius 1 is 1.25 bits per heavy atom. The minimum absolute atomic E-state index is 0.382. The fourth-order valence-electron chi connectivity index (χ4n) is 3.19. The number of nitriles is 1. The summed E-state index contributed by atoms with van der Waals surface area (Å²) in [6.45, 7) is 7.04. The Morgan fingerprint density at radius 3 is 2.70 bits per heavy atom. The van der Waals surface area contributed by atoms with Crippen LogP contribution in [0.4, 0.5) is 0 Å². The quantitative estimate of drug-likeness (QED) is 0.657. The first kappa shape index (κ1) is 13.6. The normalized spacial score (nSPS) is 19.4. The zero-order valence-electron chi connectivity index (χ0n) is 12.4. The Labute approximate surface area is 124 Å². The Kier molecular flexibility index (Phi) is 3.30. The lowest BCUT2D eigenvalue weighted by Crippen LogP contribution is -2.20. The molecule has 1 aliphatic carbocycles. The summed E-state index contributed by atoms with van der Waals surface area (Å²) in [5.41, 5.74) is 3.04. The van der Waals surface area contributed by atoms with Crippen LogP contribution in [0.15, 0.2) is 12.1 Å². The van der Waals surface area contributed by atoms with Crippen LogP contribution in [-0.2, 0) is 12.8 Å². The number of rotatable bonds is 0. The van der Waals surface area contributed by atoms with Crippen molar-refractivity contribution in [2.75, 3.05) is 0 Å². The van der Waals surface area contributed by atoms with Crippen LogP contribution in [-0.4, -0.2) is 4.98 Å². The molecule has 0 spiro atoms. The van der Waals surface area contributed by atoms with Gasteiger partial charge in [-0.2, -0.15) is 5.26 Å². The van der Waals surface area contributed by atoms with E-state index in [4.69, 9.17) is 10.2 Å². The highest BCUT2D eigenvalue weighted by Crippen LogP contribution is 2.37. The molecule has 20 heavy (non-hydrogen) atoms. The van der Waals surface area contributed by atoms with Crippen molar-refractivity contribution in [1.29, 1.82) is 5.26 Å². The van der Waals surface area contributed by atoms with E-state index in [-0.39, 0.29) is 0 Å². The van der Waals surface area contributed by atoms with Gasteiger partial charge in [-0.3, -0.25) is 0 Å². The first-order valence-corrected chi connectivity index (χ1v) is 8.11. The van der Waals surface area contributed by atoms with Gasteiger partial charge in [0.1, 0.15) is 15.8 Å². The van der Waals surface area contributed by atoms with Gasteiger partial charge in [0.15, 0.2) is 0 Å². The number of aromatic nitrogens is 1. The second-order valence-corrected chi connectivity index (χ2v) is 7.88. The summed E-state index contributed by atoms with van der Waals surface area (Å²) >= 11 is 1.51. The number of fused-ring (bicyclic) bond motifs is 2. The molecule has 0 saturated carbocycles. The van der Waals surface area contributed by atoms with Crippen molar-refractivity contribution in [3.63, 3.8) is 0 Å². The fourth-order valence-corrected chi connectivity index (χ4v) is 4.02. The van der Waals surface area contributed by atoms with Gasteiger partial charge in [-0.05, 0) is 54.7 Å². The number of pyridine rings is 1. The Balaban J connectivity index is 1.96. The molecule has 2 heterocycles. The van der Waals surface area contributed by atoms with Crippen LogP contribution in [0.5, 0.6) is 0 Å². The van der Waals surface area contributed by atoms with E-state index in [1.54, 1.807) is 0 Å². The van der Waals surface area contributed by atoms with Crippen LogP contribution in [0.2, 0.25) is 0 Å². The van der Waals surface area contributed by atoms with Gasteiger partial charge in [0.2, 0.25) is 0 Å². The third-order valence-electron chi connectivity index (χ3n) is 4.50. The number of hydrogen-bond acceptors (Lipinski definition) is 3. The van der Waals surface area contributed by atoms with Gasteiger partial charge in [0, 0.05) is 11.1 Å². The van der Waals surface area contributed by atoms with Gasteiger partial charge in [-0.15, -0.1) is 11.3 Å². The highest BCUT2D eigenvalue weighted by atomic mass is 32.1. The van der Waals surface area contributed by atoms with Crippen molar-refractivity contribution in [1.82, 2.24) is 4.98 Å². The van der Waals surface area contributed by atoms with E-state index in [1.165, 1.54) is 35.4 Å². The third-order valence-corrected chi connectivity index (χ3v) is 5.45. The van der Waals surface area contributed by atoms with Crippen LogP contribution in [0.1, 0.15) is 49.7 Å². The maximum absolute atomic E-state index is 9.01. The van der Waals surface area contributed by atoms with E-state index in [1.807, 2.05) is 6.07 Å². The monoisotopic (exact) mass is 284 g/mol. The van der Waals surface area contributed by atoms with Crippen molar-refractivity contribution in [2.45, 2.75) is 46.5 Å². The van der Waals surface area contributed by atoms with Gasteiger partial charge in [0.05, 0.1) is 0 Å². The van der Waals surface area contributed by atoms with E-state index < -0.39 is 0 Å². The topological polar surface area (TPSA) is 36.7 Å². The first-order valence-electron chi connectivity index (χ1n) is 7.30. The smallest absolute Gasteiger partial charge is 0.124 e. The van der Waals surface area contributed by atoms with Gasteiger partial charge < -0.3 is 0 Å². The molecule has 0 aromatic carbocycles. The van der Waals surface area contributed by atoms with E-state index in [2.05, 4.69) is 32.9 Å². The molecule has 1 atom stereocenters. The number of thiophene rings is 1. The van der Waals surface area contributed by atoms with Gasteiger partial charge in [-0.1, -0.05) is 20.8 Å². The van der Waals surface area contributed by atoms with Crippen molar-refractivity contribution in [3.05, 3.63) is 28.3 Å². The van der Waals surface area contributed by atoms with Crippen molar-refractivity contribution in [2.24, 2.45) is 11.3 Å². The van der Waals surface area contributed by atoms with Crippen LogP contribution in [0.3, 0.4) is 0 Å². The molecule has 2 aromatic rings. The molecular formula is C17H20N2S. The van der Waals surface area contributed by atoms with Gasteiger partial charge >= 0.3 is 0 Å². The van der Waals surface area contributed by atoms with Crippen LogP contribution in [0.25, 0.3) is 10.2 Å². The lowest BCUT2D eigenvalue weighted by Gasteiger charge is -2.29. The molecule has 0 radical (unpaired) electrons. The average Bonchev–Trinajstić information content (AvgIpc) is 2.66. The largest absolute Gasteiger partial charge is 0.242 e. The highest BCUT2D eigenvalue weighted by molar-refractivity contribution is 7.19.